The van der Waals surface area contributed by atoms with E-state index in [-0.39, 0.29) is 11.7 Å². The lowest BCUT2D eigenvalue weighted by Gasteiger charge is -2.35. The molecule has 1 amide bonds. The zero-order chi connectivity index (χ0) is 19.3. The summed E-state index contributed by atoms with van der Waals surface area (Å²) < 4.78 is 13.2. The van der Waals surface area contributed by atoms with E-state index in [1.165, 1.54) is 24.5 Å². The van der Waals surface area contributed by atoms with Crippen LogP contribution in [0.25, 0.3) is 0 Å². The van der Waals surface area contributed by atoms with Crippen molar-refractivity contribution in [3.05, 3.63) is 72.4 Å². The first-order chi connectivity index (χ1) is 13.7. The van der Waals surface area contributed by atoms with E-state index in [1.54, 1.807) is 23.2 Å². The Labute approximate surface area is 161 Å². The summed E-state index contributed by atoms with van der Waals surface area (Å²) in [4.78, 5) is 29.3. The number of hydrogen-bond acceptors (Lipinski definition) is 6. The Bertz CT molecular complexity index is 942. The lowest BCUT2D eigenvalue weighted by Crippen LogP contribution is -2.49. The monoisotopic (exact) mass is 378 g/mol. The van der Waals surface area contributed by atoms with Crippen LogP contribution in [-0.2, 0) is 0 Å². The molecule has 1 aromatic carbocycles. The van der Waals surface area contributed by atoms with E-state index in [0.29, 0.717) is 30.3 Å². The molecule has 142 valence electrons. The van der Waals surface area contributed by atoms with Gasteiger partial charge in [-0.3, -0.25) is 4.79 Å². The van der Waals surface area contributed by atoms with Crippen LogP contribution in [0.3, 0.4) is 0 Å². The predicted molar refractivity (Wildman–Crippen MR) is 104 cm³/mol. The maximum Gasteiger partial charge on any atom is 0.257 e. The molecule has 0 atom stereocenters. The minimum atomic E-state index is -0.346. The van der Waals surface area contributed by atoms with E-state index >= 15 is 0 Å². The molecule has 7 nitrogen and oxygen atoms in total. The number of benzene rings is 1. The quantitative estimate of drug-likeness (QED) is 0.753. The summed E-state index contributed by atoms with van der Waals surface area (Å²) in [6.45, 7) is 2.67. The van der Waals surface area contributed by atoms with Gasteiger partial charge in [-0.2, -0.15) is 0 Å². The number of rotatable bonds is 4. The Morgan fingerprint density at radius 3 is 2.43 bits per heavy atom. The fourth-order valence-electron chi connectivity index (χ4n) is 3.06. The van der Waals surface area contributed by atoms with Gasteiger partial charge in [0.25, 0.3) is 5.91 Å². The van der Waals surface area contributed by atoms with E-state index in [9.17, 15) is 9.18 Å². The van der Waals surface area contributed by atoms with Crippen molar-refractivity contribution in [2.45, 2.75) is 0 Å². The molecule has 0 unspecified atom stereocenters. The second-order valence-corrected chi connectivity index (χ2v) is 6.40. The Morgan fingerprint density at radius 1 is 0.964 bits per heavy atom. The molecule has 0 saturated carbocycles. The van der Waals surface area contributed by atoms with Crippen LogP contribution in [0, 0.1) is 5.82 Å². The topological polar surface area (TPSA) is 74.2 Å². The van der Waals surface area contributed by atoms with E-state index in [1.807, 2.05) is 18.2 Å². The number of aromatic nitrogens is 3. The molecule has 1 aliphatic heterocycles. The van der Waals surface area contributed by atoms with Gasteiger partial charge < -0.3 is 15.1 Å². The molecule has 1 fully saturated rings. The number of nitrogens with zero attached hydrogens (tertiary/aromatic N) is 5. The van der Waals surface area contributed by atoms with Crippen molar-refractivity contribution >= 4 is 23.4 Å². The van der Waals surface area contributed by atoms with E-state index < -0.39 is 0 Å². The average Bonchev–Trinajstić information content (AvgIpc) is 2.75. The molecule has 8 heteroatoms. The van der Waals surface area contributed by atoms with E-state index in [0.717, 1.165) is 18.9 Å². The summed E-state index contributed by atoms with van der Waals surface area (Å²) in [7, 11) is 0. The van der Waals surface area contributed by atoms with Crippen LogP contribution in [0.2, 0.25) is 0 Å². The van der Waals surface area contributed by atoms with Crippen molar-refractivity contribution in [1.82, 2.24) is 19.9 Å². The van der Waals surface area contributed by atoms with Crippen LogP contribution < -0.4 is 10.2 Å². The third-order valence-corrected chi connectivity index (χ3v) is 4.52. The van der Waals surface area contributed by atoms with Crippen molar-refractivity contribution in [3.8, 4) is 0 Å². The fourth-order valence-corrected chi connectivity index (χ4v) is 3.06. The SMILES string of the molecule is O=C(c1cnc(Nc2cccc(F)c2)nc1)N1CCN(c2ccccn2)CC1. The highest BCUT2D eigenvalue weighted by Crippen LogP contribution is 2.16. The molecule has 4 rings (SSSR count). The highest BCUT2D eigenvalue weighted by Gasteiger charge is 2.23. The lowest BCUT2D eigenvalue weighted by molar-refractivity contribution is 0.0745. The van der Waals surface area contributed by atoms with E-state index in [4.69, 9.17) is 0 Å². The smallest absolute Gasteiger partial charge is 0.257 e. The second kappa shape index (κ2) is 7.99. The van der Waals surface area contributed by atoms with Gasteiger partial charge >= 0.3 is 0 Å². The zero-order valence-corrected chi connectivity index (χ0v) is 15.1. The molecule has 28 heavy (non-hydrogen) atoms. The molecule has 1 aliphatic rings. The van der Waals surface area contributed by atoms with Gasteiger partial charge in [0.1, 0.15) is 11.6 Å². The Hall–Kier alpha value is -3.55. The van der Waals surface area contributed by atoms with Crippen LogP contribution >= 0.6 is 0 Å². The van der Waals surface area contributed by atoms with E-state index in [2.05, 4.69) is 25.2 Å². The molecule has 2 aromatic heterocycles. The van der Waals surface area contributed by atoms with Gasteiger partial charge in [-0.15, -0.1) is 0 Å². The highest BCUT2D eigenvalue weighted by atomic mass is 19.1. The Morgan fingerprint density at radius 2 is 1.75 bits per heavy atom. The van der Waals surface area contributed by atoms with Crippen molar-refractivity contribution in [2.75, 3.05) is 36.4 Å². The van der Waals surface area contributed by atoms with Gasteiger partial charge in [0, 0.05) is 50.5 Å². The second-order valence-electron chi connectivity index (χ2n) is 6.40. The van der Waals surface area contributed by atoms with Gasteiger partial charge in [0.05, 0.1) is 5.56 Å². The lowest BCUT2D eigenvalue weighted by atomic mass is 10.2. The van der Waals surface area contributed by atoms with Gasteiger partial charge in [0.15, 0.2) is 0 Å². The maximum atomic E-state index is 13.2. The number of nitrogens with one attached hydrogen (secondary N) is 1. The molecule has 3 aromatic rings. The third-order valence-electron chi connectivity index (χ3n) is 4.52. The normalized spacial score (nSPS) is 14.0. The van der Waals surface area contributed by atoms with Crippen LogP contribution in [0.1, 0.15) is 10.4 Å². The van der Waals surface area contributed by atoms with Crippen molar-refractivity contribution < 1.29 is 9.18 Å². The van der Waals surface area contributed by atoms with Gasteiger partial charge in [-0.05, 0) is 30.3 Å². The van der Waals surface area contributed by atoms with Crippen molar-refractivity contribution in [3.63, 3.8) is 0 Å². The molecule has 0 spiro atoms. The Balaban J connectivity index is 1.36. The first-order valence-corrected chi connectivity index (χ1v) is 8.99. The Kier molecular flexibility index (Phi) is 5.09. The van der Waals surface area contributed by atoms with Crippen LogP contribution in [0.4, 0.5) is 21.8 Å². The highest BCUT2D eigenvalue weighted by molar-refractivity contribution is 5.93. The predicted octanol–water partition coefficient (Wildman–Crippen LogP) is 2.72. The number of hydrogen-bond donors (Lipinski definition) is 1. The fraction of sp³-hybridized carbons (Fsp3) is 0.200. The van der Waals surface area contributed by atoms with Crippen molar-refractivity contribution in [2.24, 2.45) is 0 Å². The summed E-state index contributed by atoms with van der Waals surface area (Å²) in [6, 6.07) is 11.8. The molecular formula is C20H19FN6O. The van der Waals surface area contributed by atoms with Crippen molar-refractivity contribution in [1.29, 1.82) is 0 Å². The standard InChI is InChI=1S/C20H19FN6O/c21-16-4-3-5-17(12-16)25-20-23-13-15(14-24-20)19(28)27-10-8-26(9-11-27)18-6-1-2-7-22-18/h1-7,12-14H,8-11H2,(H,23,24,25). The van der Waals surface area contributed by atoms with Crippen LogP contribution in [0.15, 0.2) is 61.1 Å². The first kappa shape index (κ1) is 17.8. The third kappa shape index (κ3) is 4.06. The van der Waals surface area contributed by atoms with Gasteiger partial charge in [-0.25, -0.2) is 19.3 Å². The number of halogens is 1. The minimum Gasteiger partial charge on any atom is -0.353 e. The number of amides is 1. The molecule has 1 saturated heterocycles. The minimum absolute atomic E-state index is 0.0991. The molecule has 1 N–H and O–H groups in total. The summed E-state index contributed by atoms with van der Waals surface area (Å²) in [5.74, 6) is 0.785. The summed E-state index contributed by atoms with van der Waals surface area (Å²) in [5.41, 5.74) is 0.973. The van der Waals surface area contributed by atoms with Gasteiger partial charge in [0.2, 0.25) is 5.95 Å². The molecule has 0 bridgehead atoms. The van der Waals surface area contributed by atoms with Gasteiger partial charge in [-0.1, -0.05) is 12.1 Å². The summed E-state index contributed by atoms with van der Waals surface area (Å²) >= 11 is 0. The molecule has 0 radical (unpaired) electrons. The average molecular weight is 378 g/mol. The summed E-state index contributed by atoms with van der Waals surface area (Å²) in [5, 5.41) is 2.91. The zero-order valence-electron chi connectivity index (χ0n) is 15.1. The van der Waals surface area contributed by atoms with Crippen LogP contribution in [-0.4, -0.2) is 51.9 Å². The number of anilines is 3. The molecular weight excluding hydrogens is 359 g/mol. The molecule has 3 heterocycles. The molecule has 0 aliphatic carbocycles. The number of carbonyl (C=O) groups excluding carboxylic acids is 1. The van der Waals surface area contributed by atoms with Crippen LogP contribution in [0.5, 0.6) is 0 Å². The number of pyridine rings is 1. The number of carbonyl (C=O) groups is 1. The summed E-state index contributed by atoms with van der Waals surface area (Å²) in [6.07, 6.45) is 4.74. The first-order valence-electron chi connectivity index (χ1n) is 8.99. The number of piperazine rings is 1. The largest absolute Gasteiger partial charge is 0.353 e. The maximum absolute atomic E-state index is 13.2.